The Morgan fingerprint density at radius 2 is 1.60 bits per heavy atom. The molecule has 7 nitrogen and oxygen atoms in total. The minimum atomic E-state index is -3.32. The highest BCUT2D eigenvalue weighted by Crippen LogP contribution is 2.16. The largest absolute Gasteiger partial charge is 0.496 e. The Labute approximate surface area is 196 Å². The second-order valence-corrected chi connectivity index (χ2v) is 8.69. The molecule has 0 aromatic heterocycles. The van der Waals surface area contributed by atoms with Gasteiger partial charge in [-0.25, -0.2) is 13.1 Å². The molecule has 0 unspecified atom stereocenters. The topological polar surface area (TPSA) is 91.8 Å². The summed E-state index contributed by atoms with van der Waals surface area (Å²) < 4.78 is 32.0. The fourth-order valence-corrected chi connectivity index (χ4v) is 4.24. The number of halogens is 1. The predicted molar refractivity (Wildman–Crippen MR) is 133 cm³/mol. The van der Waals surface area contributed by atoms with Crippen LogP contribution in [0.2, 0.25) is 0 Å². The zero-order valence-corrected chi connectivity index (χ0v) is 21.0. The van der Waals surface area contributed by atoms with Gasteiger partial charge in [0.25, 0.3) is 0 Å². The van der Waals surface area contributed by atoms with Crippen LogP contribution in [0, 0.1) is 0 Å². The predicted octanol–water partition coefficient (Wildman–Crippen LogP) is 3.01. The van der Waals surface area contributed by atoms with Crippen LogP contribution in [0.5, 0.6) is 5.75 Å². The van der Waals surface area contributed by atoms with Gasteiger partial charge in [-0.2, -0.15) is 0 Å². The van der Waals surface area contributed by atoms with E-state index in [1.807, 2.05) is 48.5 Å². The summed E-state index contributed by atoms with van der Waals surface area (Å²) in [7, 11) is 0.0471. The molecule has 0 fully saturated rings. The number of nitrogens with one attached hydrogen (secondary N) is 3. The Bertz CT molecular complexity index is 916. The van der Waals surface area contributed by atoms with E-state index in [1.165, 1.54) is 0 Å². The standard InChI is InChI=1S/C21H30N4O3S.HI/c1-16(2)25-29(26,27)15-18-11-9-17(10-12-18)13-23-21(22-3)24-14-19-7-5-6-8-20(19)28-4;/h5-12,16,25H,13-15H2,1-4H3,(H2,22,23,24);1H. The van der Waals surface area contributed by atoms with Gasteiger partial charge in [0.15, 0.2) is 5.96 Å². The van der Waals surface area contributed by atoms with E-state index in [0.29, 0.717) is 19.0 Å². The Balaban J connectivity index is 0.00000450. The minimum Gasteiger partial charge on any atom is -0.496 e. The highest BCUT2D eigenvalue weighted by molar-refractivity contribution is 14.0. The second-order valence-electron chi connectivity index (χ2n) is 6.94. The van der Waals surface area contributed by atoms with E-state index in [1.54, 1.807) is 28.0 Å². The summed E-state index contributed by atoms with van der Waals surface area (Å²) in [6.45, 7) is 4.77. The van der Waals surface area contributed by atoms with E-state index >= 15 is 0 Å². The molecule has 0 bridgehead atoms. The number of methoxy groups -OCH3 is 1. The van der Waals surface area contributed by atoms with Crippen LogP contribution in [0.25, 0.3) is 0 Å². The highest BCUT2D eigenvalue weighted by Gasteiger charge is 2.12. The number of benzene rings is 2. The van der Waals surface area contributed by atoms with Crippen LogP contribution in [-0.4, -0.2) is 34.6 Å². The lowest BCUT2D eigenvalue weighted by Crippen LogP contribution is -2.36. The van der Waals surface area contributed by atoms with E-state index in [2.05, 4.69) is 20.3 Å². The van der Waals surface area contributed by atoms with Gasteiger partial charge in [0, 0.05) is 31.7 Å². The number of hydrogen-bond acceptors (Lipinski definition) is 4. The number of guanidine groups is 1. The van der Waals surface area contributed by atoms with E-state index < -0.39 is 10.0 Å². The lowest BCUT2D eigenvalue weighted by atomic mass is 10.1. The third-order valence-corrected chi connectivity index (χ3v) is 5.66. The summed E-state index contributed by atoms with van der Waals surface area (Å²) in [5.74, 6) is 1.47. The van der Waals surface area contributed by atoms with Gasteiger partial charge in [0.1, 0.15) is 5.75 Å². The van der Waals surface area contributed by atoms with Crippen molar-refractivity contribution in [1.82, 2.24) is 15.4 Å². The molecular weight excluding hydrogens is 515 g/mol. The average molecular weight is 546 g/mol. The van der Waals surface area contributed by atoms with Crippen molar-refractivity contribution in [2.24, 2.45) is 4.99 Å². The van der Waals surface area contributed by atoms with Gasteiger partial charge in [-0.3, -0.25) is 4.99 Å². The Morgan fingerprint density at radius 1 is 1.00 bits per heavy atom. The molecule has 2 aromatic rings. The van der Waals surface area contributed by atoms with Crippen molar-refractivity contribution >= 4 is 40.0 Å². The third kappa shape index (κ3) is 8.88. The highest BCUT2D eigenvalue weighted by atomic mass is 127. The lowest BCUT2D eigenvalue weighted by molar-refractivity contribution is 0.409. The number of sulfonamides is 1. The minimum absolute atomic E-state index is 0. The maximum atomic E-state index is 12.0. The summed E-state index contributed by atoms with van der Waals surface area (Å²) in [5.41, 5.74) is 2.82. The van der Waals surface area contributed by atoms with Crippen LogP contribution >= 0.6 is 24.0 Å². The molecule has 0 amide bonds. The van der Waals surface area contributed by atoms with Crippen LogP contribution in [0.15, 0.2) is 53.5 Å². The number of nitrogens with zero attached hydrogens (tertiary/aromatic N) is 1. The zero-order chi connectivity index (χ0) is 21.3. The summed E-state index contributed by atoms with van der Waals surface area (Å²) in [6.07, 6.45) is 0. The first-order valence-electron chi connectivity index (χ1n) is 9.47. The second kappa shape index (κ2) is 12.8. The van der Waals surface area contributed by atoms with Gasteiger partial charge >= 0.3 is 0 Å². The molecule has 30 heavy (non-hydrogen) atoms. The van der Waals surface area contributed by atoms with Gasteiger partial charge in [0.05, 0.1) is 12.9 Å². The smallest absolute Gasteiger partial charge is 0.216 e. The zero-order valence-electron chi connectivity index (χ0n) is 17.8. The Morgan fingerprint density at radius 3 is 2.20 bits per heavy atom. The Hall–Kier alpha value is -1.85. The number of ether oxygens (including phenoxy) is 1. The van der Waals surface area contributed by atoms with Crippen molar-refractivity contribution < 1.29 is 13.2 Å². The molecule has 0 saturated carbocycles. The van der Waals surface area contributed by atoms with Gasteiger partial charge < -0.3 is 15.4 Å². The summed E-state index contributed by atoms with van der Waals surface area (Å²) in [4.78, 5) is 4.23. The molecule has 0 heterocycles. The van der Waals surface area contributed by atoms with Crippen molar-refractivity contribution in [3.05, 3.63) is 65.2 Å². The van der Waals surface area contributed by atoms with Crippen LogP contribution < -0.4 is 20.1 Å². The molecule has 2 rings (SSSR count). The first-order valence-corrected chi connectivity index (χ1v) is 11.1. The molecule has 0 aliphatic rings. The third-order valence-electron chi connectivity index (χ3n) is 4.12. The molecule has 9 heteroatoms. The van der Waals surface area contributed by atoms with E-state index in [-0.39, 0.29) is 35.8 Å². The van der Waals surface area contributed by atoms with Gasteiger partial charge in [-0.05, 0) is 31.0 Å². The fourth-order valence-electron chi connectivity index (χ4n) is 2.81. The molecule has 0 radical (unpaired) electrons. The lowest BCUT2D eigenvalue weighted by Gasteiger charge is -2.14. The van der Waals surface area contributed by atoms with Crippen LogP contribution in [0.3, 0.4) is 0 Å². The van der Waals surface area contributed by atoms with E-state index in [0.717, 1.165) is 22.4 Å². The molecule has 3 N–H and O–H groups in total. The molecular formula is C21H31IN4O3S. The maximum Gasteiger partial charge on any atom is 0.216 e. The van der Waals surface area contributed by atoms with Crippen LogP contribution in [0.1, 0.15) is 30.5 Å². The van der Waals surface area contributed by atoms with Crippen molar-refractivity contribution in [1.29, 1.82) is 0 Å². The number of para-hydroxylation sites is 1. The molecule has 166 valence electrons. The quantitative estimate of drug-likeness (QED) is 0.256. The Kier molecular flexibility index (Phi) is 11.1. The number of aliphatic imine (C=N–C) groups is 1. The van der Waals surface area contributed by atoms with Crippen LogP contribution in [0.4, 0.5) is 0 Å². The number of hydrogen-bond donors (Lipinski definition) is 3. The first kappa shape index (κ1) is 26.2. The van der Waals surface area contributed by atoms with Gasteiger partial charge in [-0.1, -0.05) is 42.5 Å². The summed E-state index contributed by atoms with van der Waals surface area (Å²) >= 11 is 0. The molecule has 0 aliphatic heterocycles. The van der Waals surface area contributed by atoms with Gasteiger partial charge in [0.2, 0.25) is 10.0 Å². The molecule has 2 aromatic carbocycles. The molecule has 0 aliphatic carbocycles. The monoisotopic (exact) mass is 546 g/mol. The molecule has 0 saturated heterocycles. The van der Waals surface area contributed by atoms with Crippen molar-refractivity contribution in [2.45, 2.75) is 38.7 Å². The van der Waals surface area contributed by atoms with E-state index in [4.69, 9.17) is 4.74 Å². The average Bonchev–Trinajstić information content (AvgIpc) is 2.68. The SMILES string of the molecule is CN=C(NCc1ccc(CS(=O)(=O)NC(C)C)cc1)NCc1ccccc1OC.I. The van der Waals surface area contributed by atoms with Crippen molar-refractivity contribution in [3.63, 3.8) is 0 Å². The van der Waals surface area contributed by atoms with Gasteiger partial charge in [-0.15, -0.1) is 24.0 Å². The van der Waals surface area contributed by atoms with E-state index in [9.17, 15) is 8.42 Å². The maximum absolute atomic E-state index is 12.0. The first-order chi connectivity index (χ1) is 13.8. The van der Waals surface area contributed by atoms with Crippen LogP contribution in [-0.2, 0) is 28.9 Å². The molecule has 0 atom stereocenters. The summed E-state index contributed by atoms with van der Waals surface area (Å²) in [5, 5.41) is 6.52. The van der Waals surface area contributed by atoms with Crippen molar-refractivity contribution in [2.75, 3.05) is 14.2 Å². The number of rotatable bonds is 9. The normalized spacial score (nSPS) is 11.7. The van der Waals surface area contributed by atoms with Crippen molar-refractivity contribution in [3.8, 4) is 5.75 Å². The summed E-state index contributed by atoms with van der Waals surface area (Å²) in [6, 6.07) is 15.2. The fraction of sp³-hybridized carbons (Fsp3) is 0.381. The molecule has 0 spiro atoms.